The molecule has 3 aromatic rings. The van der Waals surface area contributed by atoms with Gasteiger partial charge in [0.25, 0.3) is 0 Å². The largest absolute Gasteiger partial charge is 0.491 e. The molecule has 0 spiro atoms. The first-order valence-corrected chi connectivity index (χ1v) is 8.21. The highest BCUT2D eigenvalue weighted by molar-refractivity contribution is 5.63. The summed E-state index contributed by atoms with van der Waals surface area (Å²) in [6, 6.07) is 16.3. The summed E-state index contributed by atoms with van der Waals surface area (Å²) in [5.41, 5.74) is 4.27. The zero-order chi connectivity index (χ0) is 17.6. The molecule has 0 radical (unpaired) electrons. The fourth-order valence-corrected chi connectivity index (χ4v) is 2.50. The second kappa shape index (κ2) is 7.85. The lowest BCUT2D eigenvalue weighted by atomic mass is 10.1. The van der Waals surface area contributed by atoms with Crippen molar-refractivity contribution in [1.29, 1.82) is 0 Å². The zero-order valence-corrected chi connectivity index (χ0v) is 14.8. The molecule has 0 atom stereocenters. The van der Waals surface area contributed by atoms with Gasteiger partial charge in [-0.25, -0.2) is 4.98 Å². The number of ether oxygens (including phenoxy) is 2. The molecule has 25 heavy (non-hydrogen) atoms. The van der Waals surface area contributed by atoms with Crippen LogP contribution in [0.1, 0.15) is 0 Å². The van der Waals surface area contributed by atoms with Crippen LogP contribution in [0.2, 0.25) is 0 Å². The van der Waals surface area contributed by atoms with E-state index in [4.69, 9.17) is 9.47 Å². The van der Waals surface area contributed by atoms with Crippen LogP contribution in [0.5, 0.6) is 5.75 Å². The molecule has 0 aliphatic heterocycles. The maximum absolute atomic E-state index is 5.59. The number of hydrogen-bond acceptors (Lipinski definition) is 4. The average molecular weight is 337 g/mol. The Balaban J connectivity index is 1.72. The number of methoxy groups -OCH3 is 1. The van der Waals surface area contributed by atoms with Crippen LogP contribution in [0.25, 0.3) is 16.9 Å². The maximum atomic E-state index is 5.59. The average Bonchev–Trinajstić information content (AvgIpc) is 3.13. The Labute approximate surface area is 148 Å². The van der Waals surface area contributed by atoms with E-state index in [9.17, 15) is 0 Å². The molecule has 3 rings (SSSR count). The summed E-state index contributed by atoms with van der Waals surface area (Å²) in [5.74, 6) is 0.834. The summed E-state index contributed by atoms with van der Waals surface area (Å²) in [5, 5.41) is 0. The van der Waals surface area contributed by atoms with Gasteiger partial charge in [-0.15, -0.1) is 0 Å². The van der Waals surface area contributed by atoms with Gasteiger partial charge in [0.1, 0.15) is 12.4 Å². The Morgan fingerprint density at radius 2 is 1.68 bits per heavy atom. The number of hydrogen-bond donors (Lipinski definition) is 0. The highest BCUT2D eigenvalue weighted by Gasteiger charge is 2.05. The lowest BCUT2D eigenvalue weighted by molar-refractivity contribution is 0.146. The minimum atomic E-state index is 0.550. The molecule has 1 heterocycles. The van der Waals surface area contributed by atoms with Gasteiger partial charge in [0.2, 0.25) is 0 Å². The molecule has 0 bridgehead atoms. The summed E-state index contributed by atoms with van der Waals surface area (Å²) in [6.07, 6.45) is 3.86. The molecule has 1 aromatic heterocycles. The number of benzene rings is 2. The van der Waals surface area contributed by atoms with Gasteiger partial charge in [0.15, 0.2) is 0 Å². The first kappa shape index (κ1) is 17.0. The summed E-state index contributed by atoms with van der Waals surface area (Å²) in [4.78, 5) is 6.60. The van der Waals surface area contributed by atoms with Crippen LogP contribution in [0, 0.1) is 0 Å². The molecule has 2 aromatic carbocycles. The standard InChI is InChI=1S/C20H23N3O2/c1-22(2)17-6-4-16(5-7-17)20-14-23(15-21-20)18-8-10-19(11-9-18)25-13-12-24-3/h4-11,14-15H,12-13H2,1-3H3. The quantitative estimate of drug-likeness (QED) is 0.617. The van der Waals surface area contributed by atoms with E-state index in [1.54, 1.807) is 7.11 Å². The Morgan fingerprint density at radius 1 is 0.960 bits per heavy atom. The van der Waals surface area contributed by atoms with Crippen molar-refractivity contribution in [3.8, 4) is 22.7 Å². The molecular weight excluding hydrogens is 314 g/mol. The summed E-state index contributed by atoms with van der Waals surface area (Å²) in [7, 11) is 5.73. The Morgan fingerprint density at radius 3 is 2.32 bits per heavy atom. The van der Waals surface area contributed by atoms with Crippen molar-refractivity contribution in [3.05, 3.63) is 61.1 Å². The molecule has 0 unspecified atom stereocenters. The van der Waals surface area contributed by atoms with E-state index in [0.717, 1.165) is 22.7 Å². The van der Waals surface area contributed by atoms with E-state index >= 15 is 0 Å². The number of nitrogens with zero attached hydrogens (tertiary/aromatic N) is 3. The van der Waals surface area contributed by atoms with Gasteiger partial charge < -0.3 is 18.9 Å². The van der Waals surface area contributed by atoms with Gasteiger partial charge in [-0.3, -0.25) is 0 Å². The summed E-state index contributed by atoms with van der Waals surface area (Å²) < 4.78 is 12.6. The normalized spacial score (nSPS) is 10.7. The highest BCUT2D eigenvalue weighted by Crippen LogP contribution is 2.23. The monoisotopic (exact) mass is 337 g/mol. The van der Waals surface area contributed by atoms with Crippen LogP contribution in [0.4, 0.5) is 5.69 Å². The maximum Gasteiger partial charge on any atom is 0.119 e. The Bertz CT molecular complexity index is 793. The van der Waals surface area contributed by atoms with Crippen molar-refractivity contribution in [2.75, 3.05) is 39.3 Å². The van der Waals surface area contributed by atoms with E-state index in [1.807, 2.05) is 55.5 Å². The molecule has 0 saturated heterocycles. The van der Waals surface area contributed by atoms with Crippen molar-refractivity contribution in [2.45, 2.75) is 0 Å². The molecule has 130 valence electrons. The van der Waals surface area contributed by atoms with Crippen LogP contribution < -0.4 is 9.64 Å². The first-order chi connectivity index (χ1) is 12.2. The topological polar surface area (TPSA) is 39.5 Å². The first-order valence-electron chi connectivity index (χ1n) is 8.21. The van der Waals surface area contributed by atoms with Gasteiger partial charge in [-0.1, -0.05) is 12.1 Å². The van der Waals surface area contributed by atoms with Crippen molar-refractivity contribution in [2.24, 2.45) is 0 Å². The molecule has 5 heteroatoms. The Hall–Kier alpha value is -2.79. The van der Waals surface area contributed by atoms with Gasteiger partial charge in [-0.2, -0.15) is 0 Å². The van der Waals surface area contributed by atoms with Crippen LogP contribution >= 0.6 is 0 Å². The van der Waals surface area contributed by atoms with Crippen molar-refractivity contribution in [3.63, 3.8) is 0 Å². The fourth-order valence-electron chi connectivity index (χ4n) is 2.50. The lowest BCUT2D eigenvalue weighted by Gasteiger charge is -2.12. The molecule has 0 aliphatic carbocycles. The number of aromatic nitrogens is 2. The van der Waals surface area contributed by atoms with Gasteiger partial charge in [0, 0.05) is 44.3 Å². The molecule has 0 fully saturated rings. The third-order valence-corrected chi connectivity index (χ3v) is 3.95. The third kappa shape index (κ3) is 4.19. The molecular formula is C20H23N3O2. The molecule has 0 aliphatic rings. The number of imidazole rings is 1. The van der Waals surface area contributed by atoms with E-state index in [0.29, 0.717) is 13.2 Å². The van der Waals surface area contributed by atoms with Crippen molar-refractivity contribution in [1.82, 2.24) is 9.55 Å². The number of anilines is 1. The van der Waals surface area contributed by atoms with Gasteiger partial charge in [0.05, 0.1) is 18.6 Å². The summed E-state index contributed by atoms with van der Waals surface area (Å²) >= 11 is 0. The van der Waals surface area contributed by atoms with E-state index in [-0.39, 0.29) is 0 Å². The molecule has 0 amide bonds. The van der Waals surface area contributed by atoms with E-state index in [1.165, 1.54) is 5.69 Å². The smallest absolute Gasteiger partial charge is 0.119 e. The lowest BCUT2D eigenvalue weighted by Crippen LogP contribution is -2.07. The summed E-state index contributed by atoms with van der Waals surface area (Å²) in [6.45, 7) is 1.13. The van der Waals surface area contributed by atoms with Crippen LogP contribution in [-0.4, -0.2) is 44.0 Å². The fraction of sp³-hybridized carbons (Fsp3) is 0.250. The Kier molecular flexibility index (Phi) is 5.36. The second-order valence-electron chi connectivity index (χ2n) is 5.94. The van der Waals surface area contributed by atoms with Gasteiger partial charge in [-0.05, 0) is 36.4 Å². The molecule has 0 saturated carbocycles. The molecule has 5 nitrogen and oxygen atoms in total. The highest BCUT2D eigenvalue weighted by atomic mass is 16.5. The predicted octanol–water partition coefficient (Wildman–Crippen LogP) is 3.63. The van der Waals surface area contributed by atoms with Crippen molar-refractivity contribution >= 4 is 5.69 Å². The van der Waals surface area contributed by atoms with E-state index < -0.39 is 0 Å². The second-order valence-corrected chi connectivity index (χ2v) is 5.94. The van der Waals surface area contributed by atoms with E-state index in [2.05, 4.69) is 34.1 Å². The van der Waals surface area contributed by atoms with Crippen LogP contribution in [0.3, 0.4) is 0 Å². The van der Waals surface area contributed by atoms with Crippen molar-refractivity contribution < 1.29 is 9.47 Å². The number of rotatable bonds is 7. The van der Waals surface area contributed by atoms with Crippen LogP contribution in [-0.2, 0) is 4.74 Å². The minimum absolute atomic E-state index is 0.550. The van der Waals surface area contributed by atoms with Gasteiger partial charge >= 0.3 is 0 Å². The molecule has 0 N–H and O–H groups in total. The predicted molar refractivity (Wildman–Crippen MR) is 101 cm³/mol. The third-order valence-electron chi connectivity index (χ3n) is 3.95. The minimum Gasteiger partial charge on any atom is -0.491 e. The SMILES string of the molecule is COCCOc1ccc(-n2cnc(-c3ccc(N(C)C)cc3)c2)cc1. The zero-order valence-electron chi connectivity index (χ0n) is 14.8. The van der Waals surface area contributed by atoms with Crippen LogP contribution in [0.15, 0.2) is 61.1 Å².